The van der Waals surface area contributed by atoms with Crippen molar-refractivity contribution in [2.24, 2.45) is 0 Å². The van der Waals surface area contributed by atoms with Crippen LogP contribution in [0.2, 0.25) is 5.02 Å². The predicted octanol–water partition coefficient (Wildman–Crippen LogP) is 2.28. The molecule has 148 valence electrons. The lowest BCUT2D eigenvalue weighted by molar-refractivity contribution is 0.101. The predicted molar refractivity (Wildman–Crippen MR) is 109 cm³/mol. The number of halogens is 1. The number of nitrogens with one attached hydrogen (secondary N) is 2. The molecule has 1 saturated heterocycles. The van der Waals surface area contributed by atoms with Crippen LogP contribution in [0.15, 0.2) is 36.7 Å². The van der Waals surface area contributed by atoms with E-state index in [-0.39, 0.29) is 11.8 Å². The summed E-state index contributed by atoms with van der Waals surface area (Å²) in [5.74, 6) is 0.671. The summed E-state index contributed by atoms with van der Waals surface area (Å²) >= 11 is 6.09. The quantitative estimate of drug-likeness (QED) is 0.720. The highest BCUT2D eigenvalue weighted by Crippen LogP contribution is 2.23. The minimum absolute atomic E-state index is 0.0832. The maximum atomic E-state index is 12.1. The summed E-state index contributed by atoms with van der Waals surface area (Å²) in [6, 6.07) is 6.27. The van der Waals surface area contributed by atoms with Crippen LogP contribution >= 0.6 is 11.6 Å². The number of hydrogen-bond acceptors (Lipinski definition) is 6. The number of aromatic nitrogens is 2. The summed E-state index contributed by atoms with van der Waals surface area (Å²) in [7, 11) is 0. The van der Waals surface area contributed by atoms with E-state index in [0.717, 1.165) is 38.7 Å². The molecule has 3 rings (SSSR count). The lowest BCUT2D eigenvalue weighted by Gasteiger charge is -2.34. The number of carbonyl (C=O) groups excluding carboxylic acids is 2. The van der Waals surface area contributed by atoms with Gasteiger partial charge in [0, 0.05) is 57.2 Å². The monoisotopic (exact) mass is 402 g/mol. The Hall–Kier alpha value is -2.71. The van der Waals surface area contributed by atoms with Gasteiger partial charge in [-0.05, 0) is 31.2 Å². The zero-order chi connectivity index (χ0) is 19.9. The van der Waals surface area contributed by atoms with Crippen molar-refractivity contribution in [3.63, 3.8) is 0 Å². The van der Waals surface area contributed by atoms with Gasteiger partial charge in [0.25, 0.3) is 0 Å². The van der Waals surface area contributed by atoms with E-state index < -0.39 is 0 Å². The molecule has 0 aliphatic carbocycles. The first-order chi connectivity index (χ1) is 13.5. The summed E-state index contributed by atoms with van der Waals surface area (Å²) in [6.07, 6.45) is 3.49. The third-order valence-electron chi connectivity index (χ3n) is 4.54. The van der Waals surface area contributed by atoms with Crippen LogP contribution < -0.4 is 15.5 Å². The molecule has 1 aliphatic rings. The van der Waals surface area contributed by atoms with E-state index in [1.165, 1.54) is 6.92 Å². The van der Waals surface area contributed by atoms with Gasteiger partial charge in [0.1, 0.15) is 0 Å². The van der Waals surface area contributed by atoms with Crippen LogP contribution in [-0.2, 0) is 0 Å². The number of nitrogens with zero attached hydrogens (tertiary/aromatic N) is 4. The molecule has 2 N–H and O–H groups in total. The minimum atomic E-state index is -0.348. The summed E-state index contributed by atoms with van der Waals surface area (Å²) in [5, 5.41) is 5.91. The van der Waals surface area contributed by atoms with Crippen molar-refractivity contribution < 1.29 is 9.59 Å². The molecule has 0 radical (unpaired) electrons. The first kappa shape index (κ1) is 20.0. The highest BCUT2D eigenvalue weighted by atomic mass is 35.5. The molecule has 2 amide bonds. The molecule has 1 aromatic carbocycles. The highest BCUT2D eigenvalue weighted by molar-refractivity contribution is 6.33. The van der Waals surface area contributed by atoms with Crippen LogP contribution in [0.1, 0.15) is 17.3 Å². The fourth-order valence-corrected chi connectivity index (χ4v) is 3.12. The summed E-state index contributed by atoms with van der Waals surface area (Å²) in [4.78, 5) is 36.6. The zero-order valence-corrected chi connectivity index (χ0v) is 16.4. The third-order valence-corrected chi connectivity index (χ3v) is 4.87. The molecule has 2 aromatic rings. The molecule has 0 saturated carbocycles. The number of urea groups is 1. The number of ketones is 1. The van der Waals surface area contributed by atoms with E-state index in [2.05, 4.69) is 30.4 Å². The topological polar surface area (TPSA) is 90.5 Å². The first-order valence-electron chi connectivity index (χ1n) is 9.12. The Bertz CT molecular complexity index is 824. The van der Waals surface area contributed by atoms with Gasteiger partial charge in [0.15, 0.2) is 5.78 Å². The number of Topliss-reactive ketones (excluding diaryl/α,β-unsaturated/α-hetero) is 1. The van der Waals surface area contributed by atoms with Crippen LogP contribution in [0, 0.1) is 0 Å². The largest absolute Gasteiger partial charge is 0.338 e. The fraction of sp³-hybridized carbons (Fsp3) is 0.368. The van der Waals surface area contributed by atoms with Crippen LogP contribution in [-0.4, -0.2) is 66.0 Å². The van der Waals surface area contributed by atoms with Gasteiger partial charge in [-0.1, -0.05) is 11.6 Å². The Balaban J connectivity index is 1.40. The van der Waals surface area contributed by atoms with E-state index in [9.17, 15) is 9.59 Å². The molecule has 0 unspecified atom stereocenters. The lowest BCUT2D eigenvalue weighted by atomic mass is 10.1. The van der Waals surface area contributed by atoms with Gasteiger partial charge in [0.05, 0.1) is 10.7 Å². The molecule has 9 heteroatoms. The molecule has 0 atom stereocenters. The Kier molecular flexibility index (Phi) is 6.78. The van der Waals surface area contributed by atoms with E-state index in [1.807, 2.05) is 0 Å². The van der Waals surface area contributed by atoms with Gasteiger partial charge in [-0.2, -0.15) is 0 Å². The van der Waals surface area contributed by atoms with E-state index in [4.69, 9.17) is 11.6 Å². The highest BCUT2D eigenvalue weighted by Gasteiger charge is 2.18. The smallest absolute Gasteiger partial charge is 0.319 e. The SMILES string of the molecule is CC(=O)c1ccc(Cl)c(NC(=O)NCCN2CCN(c3ncccn3)CC2)c1. The van der Waals surface area contributed by atoms with E-state index >= 15 is 0 Å². The summed E-state index contributed by atoms with van der Waals surface area (Å²) < 4.78 is 0. The number of amides is 2. The zero-order valence-electron chi connectivity index (χ0n) is 15.7. The van der Waals surface area contributed by atoms with Crippen molar-refractivity contribution in [3.05, 3.63) is 47.2 Å². The van der Waals surface area contributed by atoms with Crippen molar-refractivity contribution >= 4 is 35.1 Å². The van der Waals surface area contributed by atoms with Gasteiger partial charge in [-0.15, -0.1) is 0 Å². The van der Waals surface area contributed by atoms with E-state index in [0.29, 0.717) is 22.8 Å². The Morgan fingerprint density at radius 1 is 1.14 bits per heavy atom. The Morgan fingerprint density at radius 3 is 2.54 bits per heavy atom. The van der Waals surface area contributed by atoms with Gasteiger partial charge < -0.3 is 15.5 Å². The van der Waals surface area contributed by atoms with Crippen molar-refractivity contribution in [3.8, 4) is 0 Å². The summed E-state index contributed by atoms with van der Waals surface area (Å²) in [5.41, 5.74) is 0.920. The Labute approximate surface area is 168 Å². The van der Waals surface area contributed by atoms with Crippen LogP contribution in [0.25, 0.3) is 0 Å². The Morgan fingerprint density at radius 2 is 1.86 bits per heavy atom. The maximum Gasteiger partial charge on any atom is 0.319 e. The second-order valence-corrected chi connectivity index (χ2v) is 6.92. The fourth-order valence-electron chi connectivity index (χ4n) is 2.96. The molecule has 1 aromatic heterocycles. The molecule has 28 heavy (non-hydrogen) atoms. The first-order valence-corrected chi connectivity index (χ1v) is 9.50. The van der Waals surface area contributed by atoms with Crippen molar-refractivity contribution in [2.75, 3.05) is 49.5 Å². The molecule has 1 fully saturated rings. The number of anilines is 2. The molecule has 0 spiro atoms. The van der Waals surface area contributed by atoms with Crippen LogP contribution in [0.5, 0.6) is 0 Å². The molecular weight excluding hydrogens is 380 g/mol. The normalized spacial score (nSPS) is 14.6. The van der Waals surface area contributed by atoms with Gasteiger partial charge in [-0.3, -0.25) is 9.69 Å². The van der Waals surface area contributed by atoms with Crippen LogP contribution in [0.3, 0.4) is 0 Å². The van der Waals surface area contributed by atoms with Gasteiger partial charge in [0.2, 0.25) is 5.95 Å². The maximum absolute atomic E-state index is 12.1. The van der Waals surface area contributed by atoms with E-state index in [1.54, 1.807) is 36.7 Å². The number of benzene rings is 1. The van der Waals surface area contributed by atoms with Crippen molar-refractivity contribution in [2.45, 2.75) is 6.92 Å². The number of piperazine rings is 1. The molecule has 8 nitrogen and oxygen atoms in total. The third kappa shape index (κ3) is 5.40. The number of hydrogen-bond donors (Lipinski definition) is 2. The van der Waals surface area contributed by atoms with Crippen molar-refractivity contribution in [1.29, 1.82) is 0 Å². The van der Waals surface area contributed by atoms with Gasteiger partial charge in [-0.25, -0.2) is 14.8 Å². The average molecular weight is 403 g/mol. The number of carbonyl (C=O) groups is 2. The molecular formula is C19H23ClN6O2. The second kappa shape index (κ2) is 9.48. The minimum Gasteiger partial charge on any atom is -0.338 e. The van der Waals surface area contributed by atoms with Crippen molar-refractivity contribution in [1.82, 2.24) is 20.2 Å². The van der Waals surface area contributed by atoms with Gasteiger partial charge >= 0.3 is 6.03 Å². The average Bonchev–Trinajstić information content (AvgIpc) is 2.70. The standard InChI is InChI=1S/C19H23ClN6O2/c1-14(27)15-3-4-16(20)17(13-15)24-19(28)23-7-8-25-9-11-26(12-10-25)18-21-5-2-6-22-18/h2-6,13H,7-12H2,1H3,(H2,23,24,28). The molecule has 1 aliphatic heterocycles. The van der Waals surface area contributed by atoms with Crippen LogP contribution in [0.4, 0.5) is 16.4 Å². The lowest BCUT2D eigenvalue weighted by Crippen LogP contribution is -2.49. The second-order valence-electron chi connectivity index (χ2n) is 6.51. The molecule has 2 heterocycles. The molecule has 0 bridgehead atoms. The summed E-state index contributed by atoms with van der Waals surface area (Å²) in [6.45, 7) is 6.20. The number of rotatable bonds is 6.